The van der Waals surface area contributed by atoms with Gasteiger partial charge in [0.2, 0.25) is 0 Å². The molecule has 20 heavy (non-hydrogen) atoms. The number of amides is 1. The first kappa shape index (κ1) is 14.3. The second-order valence-corrected chi connectivity index (χ2v) is 7.39. The number of carbonyl (C=O) groups is 1. The van der Waals surface area contributed by atoms with Gasteiger partial charge in [-0.1, -0.05) is 11.6 Å². The molecule has 0 radical (unpaired) electrons. The van der Waals surface area contributed by atoms with E-state index in [1.165, 1.54) is 11.3 Å². The molecule has 4 nitrogen and oxygen atoms in total. The van der Waals surface area contributed by atoms with E-state index in [-0.39, 0.29) is 5.91 Å². The lowest BCUT2D eigenvalue weighted by Crippen LogP contribution is -2.46. The molecule has 0 saturated carbocycles. The van der Waals surface area contributed by atoms with E-state index in [9.17, 15) is 4.79 Å². The standard InChI is InChI=1S/C14H20ClN3OS/c15-13-2-1-12(20-13)14(19)18-8-5-11(9-18)17-6-3-10(16)4-7-17/h1-2,10-11H,3-9,16H2. The smallest absolute Gasteiger partial charge is 0.264 e. The average molecular weight is 314 g/mol. The van der Waals surface area contributed by atoms with E-state index in [0.717, 1.165) is 50.3 Å². The van der Waals surface area contributed by atoms with Gasteiger partial charge in [0.25, 0.3) is 5.91 Å². The second kappa shape index (κ2) is 6.02. The van der Waals surface area contributed by atoms with Gasteiger partial charge in [0.1, 0.15) is 0 Å². The van der Waals surface area contributed by atoms with Gasteiger partial charge in [0.15, 0.2) is 0 Å². The summed E-state index contributed by atoms with van der Waals surface area (Å²) in [7, 11) is 0. The molecule has 2 fully saturated rings. The third-order valence-electron chi connectivity index (χ3n) is 4.33. The predicted molar refractivity (Wildman–Crippen MR) is 82.4 cm³/mol. The van der Waals surface area contributed by atoms with Crippen molar-refractivity contribution in [2.45, 2.75) is 31.3 Å². The van der Waals surface area contributed by atoms with Gasteiger partial charge in [-0.15, -0.1) is 11.3 Å². The molecule has 3 heterocycles. The van der Waals surface area contributed by atoms with Crippen molar-refractivity contribution in [3.63, 3.8) is 0 Å². The predicted octanol–water partition coefficient (Wildman–Crippen LogP) is 2.04. The van der Waals surface area contributed by atoms with Crippen molar-refractivity contribution in [2.24, 2.45) is 5.73 Å². The van der Waals surface area contributed by atoms with Crippen LogP contribution < -0.4 is 5.73 Å². The molecule has 2 aliphatic heterocycles. The number of nitrogens with two attached hydrogens (primary N) is 1. The number of piperidine rings is 1. The van der Waals surface area contributed by atoms with Crippen LogP contribution in [-0.4, -0.2) is 54.0 Å². The summed E-state index contributed by atoms with van der Waals surface area (Å²) in [6, 6.07) is 4.47. The van der Waals surface area contributed by atoms with Gasteiger partial charge in [-0.2, -0.15) is 0 Å². The molecular formula is C14H20ClN3OS. The van der Waals surface area contributed by atoms with Gasteiger partial charge in [-0.05, 0) is 44.5 Å². The Bertz CT molecular complexity index is 485. The molecule has 0 aromatic carbocycles. The summed E-state index contributed by atoms with van der Waals surface area (Å²) in [6.45, 7) is 3.82. The van der Waals surface area contributed by atoms with Crippen molar-refractivity contribution in [1.82, 2.24) is 9.80 Å². The Kier molecular flexibility index (Phi) is 4.31. The van der Waals surface area contributed by atoms with E-state index in [2.05, 4.69) is 4.90 Å². The molecule has 2 N–H and O–H groups in total. The molecule has 1 aromatic heterocycles. The van der Waals surface area contributed by atoms with Gasteiger partial charge in [-0.25, -0.2) is 0 Å². The van der Waals surface area contributed by atoms with Gasteiger partial charge in [0, 0.05) is 25.2 Å². The van der Waals surface area contributed by atoms with Crippen LogP contribution in [0.1, 0.15) is 28.9 Å². The summed E-state index contributed by atoms with van der Waals surface area (Å²) in [5.74, 6) is 0.123. The lowest BCUT2D eigenvalue weighted by Gasteiger charge is -2.34. The van der Waals surface area contributed by atoms with Crippen LogP contribution in [-0.2, 0) is 0 Å². The third-order valence-corrected chi connectivity index (χ3v) is 5.54. The van der Waals surface area contributed by atoms with Gasteiger partial charge in [0.05, 0.1) is 9.21 Å². The molecule has 3 rings (SSSR count). The summed E-state index contributed by atoms with van der Waals surface area (Å²) in [5, 5.41) is 0. The summed E-state index contributed by atoms with van der Waals surface area (Å²) in [6.07, 6.45) is 3.22. The van der Waals surface area contributed by atoms with Gasteiger partial charge in [-0.3, -0.25) is 9.69 Å². The lowest BCUT2D eigenvalue weighted by molar-refractivity contribution is 0.0774. The quantitative estimate of drug-likeness (QED) is 0.909. The molecule has 2 saturated heterocycles. The fraction of sp³-hybridized carbons (Fsp3) is 0.643. The van der Waals surface area contributed by atoms with Crippen molar-refractivity contribution in [3.8, 4) is 0 Å². The third kappa shape index (κ3) is 3.01. The molecule has 110 valence electrons. The summed E-state index contributed by atoms with van der Waals surface area (Å²) >= 11 is 7.27. The maximum atomic E-state index is 12.4. The van der Waals surface area contributed by atoms with E-state index < -0.39 is 0 Å². The molecule has 1 atom stereocenters. The molecule has 0 aliphatic carbocycles. The zero-order valence-corrected chi connectivity index (χ0v) is 13.0. The Morgan fingerprint density at radius 2 is 2.00 bits per heavy atom. The topological polar surface area (TPSA) is 49.6 Å². The van der Waals surface area contributed by atoms with E-state index in [0.29, 0.717) is 16.4 Å². The number of hydrogen-bond donors (Lipinski definition) is 1. The molecule has 1 unspecified atom stereocenters. The molecule has 1 amide bonds. The van der Waals surface area contributed by atoms with Crippen LogP contribution in [0.25, 0.3) is 0 Å². The average Bonchev–Trinajstić information content (AvgIpc) is 3.08. The Hall–Kier alpha value is -0.620. The Labute approximate surface area is 128 Å². The highest BCUT2D eigenvalue weighted by Gasteiger charge is 2.32. The SMILES string of the molecule is NC1CCN(C2CCN(C(=O)c3ccc(Cl)s3)C2)CC1. The normalized spacial score (nSPS) is 25.3. The van der Waals surface area contributed by atoms with Crippen LogP contribution in [0.5, 0.6) is 0 Å². The molecule has 6 heteroatoms. The monoisotopic (exact) mass is 313 g/mol. The fourth-order valence-electron chi connectivity index (χ4n) is 3.09. The van der Waals surface area contributed by atoms with E-state index in [1.54, 1.807) is 6.07 Å². The van der Waals surface area contributed by atoms with Crippen molar-refractivity contribution in [1.29, 1.82) is 0 Å². The van der Waals surface area contributed by atoms with Crippen molar-refractivity contribution < 1.29 is 4.79 Å². The number of likely N-dealkylation sites (tertiary alicyclic amines) is 2. The van der Waals surface area contributed by atoms with Crippen LogP contribution >= 0.6 is 22.9 Å². The highest BCUT2D eigenvalue weighted by atomic mass is 35.5. The van der Waals surface area contributed by atoms with Crippen molar-refractivity contribution >= 4 is 28.8 Å². The largest absolute Gasteiger partial charge is 0.336 e. The number of rotatable bonds is 2. The molecule has 2 aliphatic rings. The number of halogens is 1. The van der Waals surface area contributed by atoms with Crippen LogP contribution in [0, 0.1) is 0 Å². The first-order chi connectivity index (χ1) is 9.63. The van der Waals surface area contributed by atoms with Crippen LogP contribution in [0.2, 0.25) is 4.34 Å². The number of carbonyl (C=O) groups excluding carboxylic acids is 1. The Morgan fingerprint density at radius 1 is 1.25 bits per heavy atom. The number of nitrogens with zero attached hydrogens (tertiary/aromatic N) is 2. The molecule has 1 aromatic rings. The van der Waals surface area contributed by atoms with Crippen molar-refractivity contribution in [2.75, 3.05) is 26.2 Å². The molecule has 0 bridgehead atoms. The molecule has 0 spiro atoms. The minimum absolute atomic E-state index is 0.123. The zero-order valence-electron chi connectivity index (χ0n) is 11.4. The van der Waals surface area contributed by atoms with E-state index in [4.69, 9.17) is 17.3 Å². The Morgan fingerprint density at radius 3 is 2.65 bits per heavy atom. The van der Waals surface area contributed by atoms with Gasteiger partial charge >= 0.3 is 0 Å². The zero-order chi connectivity index (χ0) is 14.1. The van der Waals surface area contributed by atoms with E-state index >= 15 is 0 Å². The number of hydrogen-bond acceptors (Lipinski definition) is 4. The summed E-state index contributed by atoms with van der Waals surface area (Å²) in [5.41, 5.74) is 5.95. The number of thiophene rings is 1. The van der Waals surface area contributed by atoms with Crippen LogP contribution in [0.4, 0.5) is 0 Å². The first-order valence-corrected chi connectivity index (χ1v) is 8.37. The summed E-state index contributed by atoms with van der Waals surface area (Å²) in [4.78, 5) is 17.6. The highest BCUT2D eigenvalue weighted by Crippen LogP contribution is 2.26. The first-order valence-electron chi connectivity index (χ1n) is 7.18. The minimum Gasteiger partial charge on any atom is -0.336 e. The second-order valence-electron chi connectivity index (χ2n) is 5.67. The van der Waals surface area contributed by atoms with Gasteiger partial charge < -0.3 is 10.6 Å². The van der Waals surface area contributed by atoms with Crippen LogP contribution in [0.3, 0.4) is 0 Å². The lowest BCUT2D eigenvalue weighted by atomic mass is 10.0. The van der Waals surface area contributed by atoms with Crippen LogP contribution in [0.15, 0.2) is 12.1 Å². The van der Waals surface area contributed by atoms with E-state index in [1.807, 2.05) is 11.0 Å². The molecular weight excluding hydrogens is 294 g/mol. The van der Waals surface area contributed by atoms with Crippen molar-refractivity contribution in [3.05, 3.63) is 21.3 Å². The maximum absolute atomic E-state index is 12.4. The maximum Gasteiger partial charge on any atom is 0.264 e. The fourth-order valence-corrected chi connectivity index (χ4v) is 4.10. The summed E-state index contributed by atoms with van der Waals surface area (Å²) < 4.78 is 0.675. The minimum atomic E-state index is 0.123. The Balaban J connectivity index is 1.58. The highest BCUT2D eigenvalue weighted by molar-refractivity contribution is 7.17.